The van der Waals surface area contributed by atoms with Crippen LogP contribution in [0.3, 0.4) is 0 Å². The number of hydrogen-bond donors (Lipinski definition) is 1. The summed E-state index contributed by atoms with van der Waals surface area (Å²) in [5, 5.41) is 0.214. The van der Waals surface area contributed by atoms with Crippen molar-refractivity contribution in [2.45, 2.75) is 36.2 Å². The molecule has 148 valence electrons. The number of likely N-dealkylation sites (tertiary alicyclic amines) is 1. The monoisotopic (exact) mass is 423 g/mol. The molecule has 0 radical (unpaired) electrons. The fourth-order valence-corrected chi connectivity index (χ4v) is 5.64. The van der Waals surface area contributed by atoms with Gasteiger partial charge in [0.25, 0.3) is 0 Å². The van der Waals surface area contributed by atoms with E-state index in [9.17, 15) is 17.6 Å². The first-order valence-corrected chi connectivity index (χ1v) is 10.9. The molecule has 0 spiro atoms. The Balaban J connectivity index is 1.49. The molecule has 6 nitrogen and oxygen atoms in total. The minimum Gasteiger partial charge on any atom is -0.338 e. The molecule has 1 amide bonds. The first-order chi connectivity index (χ1) is 13.3. The molecule has 2 aromatic rings. The average molecular weight is 424 g/mol. The lowest BCUT2D eigenvalue weighted by Gasteiger charge is -2.33. The number of pyridine rings is 1. The van der Waals surface area contributed by atoms with Gasteiger partial charge in [-0.05, 0) is 43.0 Å². The second kappa shape index (κ2) is 7.42. The van der Waals surface area contributed by atoms with E-state index in [-0.39, 0.29) is 45.8 Å². The van der Waals surface area contributed by atoms with E-state index < -0.39 is 15.8 Å². The molecule has 1 aliphatic carbocycles. The van der Waals surface area contributed by atoms with Gasteiger partial charge in [-0.3, -0.25) is 9.78 Å². The van der Waals surface area contributed by atoms with Crippen LogP contribution in [-0.4, -0.2) is 42.8 Å². The van der Waals surface area contributed by atoms with Crippen molar-refractivity contribution in [3.05, 3.63) is 59.1 Å². The number of nitrogens with one attached hydrogen (secondary N) is 1. The number of nitrogens with zero attached hydrogens (tertiary/aromatic N) is 2. The Morgan fingerprint density at radius 1 is 1.29 bits per heavy atom. The summed E-state index contributed by atoms with van der Waals surface area (Å²) in [6, 6.07) is 6.74. The fourth-order valence-electron chi connectivity index (χ4n) is 4.17. The molecule has 1 saturated carbocycles. The Hall–Kier alpha value is -2.03. The lowest BCUT2D eigenvalue weighted by atomic mass is 10.0. The van der Waals surface area contributed by atoms with Crippen LogP contribution in [-0.2, 0) is 21.2 Å². The van der Waals surface area contributed by atoms with Gasteiger partial charge >= 0.3 is 0 Å². The van der Waals surface area contributed by atoms with Crippen LogP contribution in [0, 0.1) is 11.7 Å². The highest BCUT2D eigenvalue weighted by atomic mass is 35.5. The molecule has 1 N–H and O–H groups in total. The first-order valence-electron chi connectivity index (χ1n) is 9.00. The molecule has 3 unspecified atom stereocenters. The third-order valence-electron chi connectivity index (χ3n) is 5.44. The molecule has 1 aliphatic heterocycles. The SMILES string of the molecule is O=C(Cc1c(F)cccc1Cl)N1CC2CC(NS(=O)(=O)c3cccnc3)C1C2. The van der Waals surface area contributed by atoms with Crippen molar-refractivity contribution in [3.63, 3.8) is 0 Å². The Labute approximate surface area is 167 Å². The van der Waals surface area contributed by atoms with E-state index in [2.05, 4.69) is 9.71 Å². The molecule has 1 saturated heterocycles. The predicted molar refractivity (Wildman–Crippen MR) is 102 cm³/mol. The van der Waals surface area contributed by atoms with Crippen LogP contribution in [0.25, 0.3) is 0 Å². The van der Waals surface area contributed by atoms with Crippen LogP contribution >= 0.6 is 11.6 Å². The zero-order chi connectivity index (χ0) is 19.9. The van der Waals surface area contributed by atoms with Gasteiger partial charge in [0.15, 0.2) is 0 Å². The van der Waals surface area contributed by atoms with E-state index in [1.54, 1.807) is 17.0 Å². The van der Waals surface area contributed by atoms with E-state index in [4.69, 9.17) is 11.6 Å². The van der Waals surface area contributed by atoms with Crippen LogP contribution < -0.4 is 4.72 Å². The smallest absolute Gasteiger partial charge is 0.242 e. The highest BCUT2D eigenvalue weighted by Crippen LogP contribution is 2.39. The van der Waals surface area contributed by atoms with E-state index >= 15 is 0 Å². The number of fused-ring (bicyclic) bond motifs is 2. The number of piperidine rings is 1. The van der Waals surface area contributed by atoms with Crippen LogP contribution in [0.15, 0.2) is 47.6 Å². The van der Waals surface area contributed by atoms with Gasteiger partial charge in [-0.2, -0.15) is 0 Å². The molecule has 2 fully saturated rings. The number of rotatable bonds is 5. The van der Waals surface area contributed by atoms with Crippen molar-refractivity contribution >= 4 is 27.5 Å². The summed E-state index contributed by atoms with van der Waals surface area (Å²) in [7, 11) is -3.72. The first kappa shape index (κ1) is 19.3. The molecule has 2 bridgehead atoms. The van der Waals surface area contributed by atoms with Crippen molar-refractivity contribution in [2.24, 2.45) is 5.92 Å². The molecule has 3 atom stereocenters. The summed E-state index contributed by atoms with van der Waals surface area (Å²) in [5.41, 5.74) is 0.171. The number of hydrogen-bond acceptors (Lipinski definition) is 4. The van der Waals surface area contributed by atoms with E-state index in [1.807, 2.05) is 0 Å². The number of amides is 1. The molecule has 2 heterocycles. The van der Waals surface area contributed by atoms with Crippen molar-refractivity contribution in [1.29, 1.82) is 0 Å². The maximum Gasteiger partial charge on any atom is 0.242 e. The molecule has 28 heavy (non-hydrogen) atoms. The van der Waals surface area contributed by atoms with Gasteiger partial charge < -0.3 is 4.90 Å². The molecule has 2 aliphatic rings. The zero-order valence-corrected chi connectivity index (χ0v) is 16.5. The molecular weight excluding hydrogens is 405 g/mol. The third kappa shape index (κ3) is 3.64. The van der Waals surface area contributed by atoms with Crippen molar-refractivity contribution in [1.82, 2.24) is 14.6 Å². The molecule has 1 aromatic carbocycles. The second-order valence-electron chi connectivity index (χ2n) is 7.24. The van der Waals surface area contributed by atoms with E-state index in [0.29, 0.717) is 13.0 Å². The van der Waals surface area contributed by atoms with Crippen LogP contribution in [0.1, 0.15) is 18.4 Å². The predicted octanol–water partition coefficient (Wildman–Crippen LogP) is 2.38. The normalized spacial score (nSPS) is 23.9. The summed E-state index contributed by atoms with van der Waals surface area (Å²) in [5.74, 6) is -0.532. The molecule has 9 heteroatoms. The summed E-state index contributed by atoms with van der Waals surface area (Å²) in [4.78, 5) is 18.4. The Morgan fingerprint density at radius 2 is 2.11 bits per heavy atom. The summed E-state index contributed by atoms with van der Waals surface area (Å²) in [6.07, 6.45) is 4.06. The summed E-state index contributed by atoms with van der Waals surface area (Å²) < 4.78 is 41.9. The van der Waals surface area contributed by atoms with Crippen LogP contribution in [0.4, 0.5) is 4.39 Å². The van der Waals surface area contributed by atoms with E-state index in [0.717, 1.165) is 6.42 Å². The van der Waals surface area contributed by atoms with Crippen LogP contribution in [0.2, 0.25) is 5.02 Å². The minimum atomic E-state index is -3.72. The minimum absolute atomic E-state index is 0.0915. The summed E-state index contributed by atoms with van der Waals surface area (Å²) in [6.45, 7) is 0.556. The van der Waals surface area contributed by atoms with Gasteiger partial charge in [0.1, 0.15) is 10.7 Å². The Kier molecular flexibility index (Phi) is 5.11. The van der Waals surface area contributed by atoms with Gasteiger partial charge in [-0.1, -0.05) is 17.7 Å². The Bertz CT molecular complexity index is 982. The highest BCUT2D eigenvalue weighted by molar-refractivity contribution is 7.89. The topological polar surface area (TPSA) is 79.4 Å². The number of sulfonamides is 1. The lowest BCUT2D eigenvalue weighted by Crippen LogP contribution is -2.52. The maximum atomic E-state index is 14.0. The van der Waals surface area contributed by atoms with Gasteiger partial charge in [0.05, 0.1) is 6.42 Å². The Morgan fingerprint density at radius 3 is 2.79 bits per heavy atom. The fraction of sp³-hybridized carbons (Fsp3) is 0.368. The molecule has 1 aromatic heterocycles. The lowest BCUT2D eigenvalue weighted by molar-refractivity contribution is -0.132. The van der Waals surface area contributed by atoms with Gasteiger partial charge in [0.2, 0.25) is 15.9 Å². The van der Waals surface area contributed by atoms with E-state index in [1.165, 1.54) is 30.6 Å². The molecule has 4 rings (SSSR count). The van der Waals surface area contributed by atoms with Crippen LogP contribution in [0.5, 0.6) is 0 Å². The highest BCUT2D eigenvalue weighted by Gasteiger charge is 2.48. The standard InChI is InChI=1S/C19H19ClFN3O3S/c20-15-4-1-5-16(21)14(15)9-19(25)24-11-12-7-17(18(24)8-12)23-28(26,27)13-3-2-6-22-10-13/h1-6,10,12,17-18,23H,7-9,11H2. The van der Waals surface area contributed by atoms with Crippen molar-refractivity contribution < 1.29 is 17.6 Å². The summed E-state index contributed by atoms with van der Waals surface area (Å²) >= 11 is 6.03. The number of benzene rings is 1. The number of halogens is 2. The number of carbonyl (C=O) groups is 1. The largest absolute Gasteiger partial charge is 0.338 e. The maximum absolute atomic E-state index is 14.0. The van der Waals surface area contributed by atoms with Gasteiger partial charge in [0, 0.05) is 41.6 Å². The van der Waals surface area contributed by atoms with Gasteiger partial charge in [-0.15, -0.1) is 0 Å². The number of aromatic nitrogens is 1. The molecular formula is C19H19ClFN3O3S. The zero-order valence-electron chi connectivity index (χ0n) is 14.9. The van der Waals surface area contributed by atoms with Gasteiger partial charge in [-0.25, -0.2) is 17.5 Å². The third-order valence-corrected chi connectivity index (χ3v) is 7.27. The average Bonchev–Trinajstić information content (AvgIpc) is 3.25. The quantitative estimate of drug-likeness (QED) is 0.800. The second-order valence-corrected chi connectivity index (χ2v) is 9.37. The van der Waals surface area contributed by atoms with Crippen molar-refractivity contribution in [3.8, 4) is 0 Å². The number of carbonyl (C=O) groups excluding carboxylic acids is 1. The van der Waals surface area contributed by atoms with Crippen molar-refractivity contribution in [2.75, 3.05) is 6.54 Å².